The van der Waals surface area contributed by atoms with Gasteiger partial charge in [0.15, 0.2) is 0 Å². The fourth-order valence-electron chi connectivity index (χ4n) is 1.25. The van der Waals surface area contributed by atoms with Crippen LogP contribution in [-0.4, -0.2) is 23.1 Å². The first-order chi connectivity index (χ1) is 7.03. The zero-order valence-corrected chi connectivity index (χ0v) is 8.03. The summed E-state index contributed by atoms with van der Waals surface area (Å²) in [6.07, 6.45) is 3.00. The summed E-state index contributed by atoms with van der Waals surface area (Å²) >= 11 is 0. The van der Waals surface area contributed by atoms with Gasteiger partial charge >= 0.3 is 11.9 Å². The standard InChI is InChI=1S/C10H11FO4/c11-7(8(12)15-6-1-2-6)5-10(3-4-10)9(13)14/h5-6H,1-4H2,(H,13,14)/b7-5+. The number of ether oxygens (including phenoxy) is 1. The summed E-state index contributed by atoms with van der Waals surface area (Å²) in [5.74, 6) is -3.20. The van der Waals surface area contributed by atoms with Crippen LogP contribution < -0.4 is 0 Å². The van der Waals surface area contributed by atoms with Gasteiger partial charge in [-0.1, -0.05) is 0 Å². The second-order valence-corrected chi connectivity index (χ2v) is 4.06. The topological polar surface area (TPSA) is 63.6 Å². The minimum Gasteiger partial charge on any atom is -0.481 e. The molecule has 2 fully saturated rings. The Hall–Kier alpha value is -1.39. The first kappa shape index (κ1) is 10.1. The van der Waals surface area contributed by atoms with Gasteiger partial charge in [0.1, 0.15) is 6.10 Å². The molecule has 0 radical (unpaired) electrons. The third-order valence-electron chi connectivity index (χ3n) is 2.61. The average Bonchev–Trinajstić information content (AvgIpc) is 2.98. The molecule has 2 saturated carbocycles. The van der Waals surface area contributed by atoms with Crippen molar-refractivity contribution >= 4 is 11.9 Å². The molecule has 0 aliphatic heterocycles. The van der Waals surface area contributed by atoms with Crippen LogP contribution in [0.3, 0.4) is 0 Å². The second-order valence-electron chi connectivity index (χ2n) is 4.06. The SMILES string of the molecule is O=C(OC1CC1)/C(F)=C\C1(C(=O)O)CC1. The predicted molar refractivity (Wildman–Crippen MR) is 47.6 cm³/mol. The fourth-order valence-corrected chi connectivity index (χ4v) is 1.25. The Bertz CT molecular complexity index is 339. The van der Waals surface area contributed by atoms with Crippen molar-refractivity contribution in [1.82, 2.24) is 0 Å². The van der Waals surface area contributed by atoms with Crippen LogP contribution in [-0.2, 0) is 14.3 Å². The third kappa shape index (κ3) is 2.16. The van der Waals surface area contributed by atoms with Crippen LogP contribution in [0.25, 0.3) is 0 Å². The third-order valence-corrected chi connectivity index (χ3v) is 2.61. The molecule has 0 unspecified atom stereocenters. The molecule has 82 valence electrons. The van der Waals surface area contributed by atoms with Gasteiger partial charge in [-0.15, -0.1) is 0 Å². The number of hydrogen-bond acceptors (Lipinski definition) is 3. The van der Waals surface area contributed by atoms with Crippen LogP contribution in [0, 0.1) is 5.41 Å². The number of carbonyl (C=O) groups excluding carboxylic acids is 1. The van der Waals surface area contributed by atoms with E-state index in [2.05, 4.69) is 0 Å². The van der Waals surface area contributed by atoms with E-state index in [9.17, 15) is 14.0 Å². The summed E-state index contributed by atoms with van der Waals surface area (Å²) in [6.45, 7) is 0. The van der Waals surface area contributed by atoms with Gasteiger partial charge < -0.3 is 9.84 Å². The zero-order valence-electron chi connectivity index (χ0n) is 8.03. The monoisotopic (exact) mass is 214 g/mol. The van der Waals surface area contributed by atoms with Gasteiger partial charge in [0.05, 0.1) is 5.41 Å². The quantitative estimate of drug-likeness (QED) is 0.567. The van der Waals surface area contributed by atoms with Crippen molar-refractivity contribution in [2.45, 2.75) is 31.8 Å². The summed E-state index contributed by atoms with van der Waals surface area (Å²) in [5.41, 5.74) is -1.16. The fraction of sp³-hybridized carbons (Fsp3) is 0.600. The molecule has 4 nitrogen and oxygen atoms in total. The van der Waals surface area contributed by atoms with Gasteiger partial charge in [0.2, 0.25) is 5.83 Å². The molecule has 2 aliphatic carbocycles. The van der Waals surface area contributed by atoms with Crippen LogP contribution in [0.1, 0.15) is 25.7 Å². The highest BCUT2D eigenvalue weighted by Crippen LogP contribution is 2.48. The van der Waals surface area contributed by atoms with Crippen molar-refractivity contribution in [3.63, 3.8) is 0 Å². The Morgan fingerprint density at radius 3 is 2.40 bits per heavy atom. The van der Waals surface area contributed by atoms with Gasteiger partial charge in [-0.05, 0) is 31.8 Å². The second kappa shape index (κ2) is 3.32. The Kier molecular flexibility index (Phi) is 2.25. The highest BCUT2D eigenvalue weighted by atomic mass is 19.1. The predicted octanol–water partition coefficient (Wildman–Crippen LogP) is 1.41. The van der Waals surface area contributed by atoms with Crippen LogP contribution in [0.15, 0.2) is 11.9 Å². The number of carboxylic acids is 1. The lowest BCUT2D eigenvalue weighted by molar-refractivity contribution is -0.142. The molecular weight excluding hydrogens is 203 g/mol. The Morgan fingerprint density at radius 1 is 1.40 bits per heavy atom. The van der Waals surface area contributed by atoms with E-state index in [1.54, 1.807) is 0 Å². The van der Waals surface area contributed by atoms with E-state index >= 15 is 0 Å². The van der Waals surface area contributed by atoms with Gasteiger partial charge in [-0.2, -0.15) is 4.39 Å². The maximum Gasteiger partial charge on any atom is 0.367 e. The average molecular weight is 214 g/mol. The first-order valence-electron chi connectivity index (χ1n) is 4.86. The van der Waals surface area contributed by atoms with Crippen LogP contribution >= 0.6 is 0 Å². The Balaban J connectivity index is 1.99. The largest absolute Gasteiger partial charge is 0.481 e. The van der Waals surface area contributed by atoms with E-state index in [4.69, 9.17) is 9.84 Å². The highest BCUT2D eigenvalue weighted by molar-refractivity contribution is 5.89. The Labute approximate surface area is 85.7 Å². The smallest absolute Gasteiger partial charge is 0.367 e. The number of aliphatic carboxylic acids is 1. The van der Waals surface area contributed by atoms with Crippen LogP contribution in [0.5, 0.6) is 0 Å². The molecule has 2 aliphatic rings. The number of rotatable bonds is 4. The molecule has 0 aromatic carbocycles. The van der Waals surface area contributed by atoms with Crippen molar-refractivity contribution in [2.24, 2.45) is 5.41 Å². The van der Waals surface area contributed by atoms with E-state index in [0.717, 1.165) is 18.9 Å². The van der Waals surface area contributed by atoms with Gasteiger partial charge in [0.25, 0.3) is 0 Å². The molecule has 0 heterocycles. The summed E-state index contributed by atoms with van der Waals surface area (Å²) in [5, 5.41) is 8.77. The van der Waals surface area contributed by atoms with E-state index in [1.165, 1.54) is 0 Å². The van der Waals surface area contributed by atoms with E-state index in [0.29, 0.717) is 12.8 Å². The lowest BCUT2D eigenvalue weighted by atomic mass is 10.1. The van der Waals surface area contributed by atoms with Crippen molar-refractivity contribution < 1.29 is 23.8 Å². The number of carbonyl (C=O) groups is 2. The molecule has 2 rings (SSSR count). The van der Waals surface area contributed by atoms with E-state index in [1.807, 2.05) is 0 Å². The lowest BCUT2D eigenvalue weighted by Gasteiger charge is -2.04. The van der Waals surface area contributed by atoms with Gasteiger partial charge in [-0.25, -0.2) is 4.79 Å². The summed E-state index contributed by atoms with van der Waals surface area (Å²) in [6, 6.07) is 0. The number of halogens is 1. The van der Waals surface area contributed by atoms with E-state index in [-0.39, 0.29) is 6.10 Å². The highest BCUT2D eigenvalue weighted by Gasteiger charge is 2.49. The molecule has 1 N–H and O–H groups in total. The van der Waals surface area contributed by atoms with Gasteiger partial charge in [-0.3, -0.25) is 4.79 Å². The van der Waals surface area contributed by atoms with Crippen LogP contribution in [0.2, 0.25) is 0 Å². The summed E-state index contributed by atoms with van der Waals surface area (Å²) < 4.78 is 17.9. The molecule has 0 spiro atoms. The summed E-state index contributed by atoms with van der Waals surface area (Å²) in [7, 11) is 0. The normalized spacial score (nSPS) is 23.4. The molecule has 0 aromatic heterocycles. The molecule has 0 atom stereocenters. The van der Waals surface area contributed by atoms with Crippen molar-refractivity contribution in [3.05, 3.63) is 11.9 Å². The molecule has 0 saturated heterocycles. The van der Waals surface area contributed by atoms with Crippen molar-refractivity contribution in [2.75, 3.05) is 0 Å². The summed E-state index contributed by atoms with van der Waals surface area (Å²) in [4.78, 5) is 21.8. The number of carboxylic acid groups (broad SMARTS) is 1. The van der Waals surface area contributed by atoms with E-state index < -0.39 is 23.2 Å². The number of hydrogen-bond donors (Lipinski definition) is 1. The molecule has 15 heavy (non-hydrogen) atoms. The molecule has 5 heteroatoms. The Morgan fingerprint density at radius 2 is 2.00 bits per heavy atom. The molecule has 0 bridgehead atoms. The maximum absolute atomic E-state index is 13.2. The molecule has 0 aromatic rings. The van der Waals surface area contributed by atoms with Crippen molar-refractivity contribution in [3.8, 4) is 0 Å². The molecule has 0 amide bonds. The molecular formula is C10H11FO4. The van der Waals surface area contributed by atoms with Crippen molar-refractivity contribution in [1.29, 1.82) is 0 Å². The maximum atomic E-state index is 13.2. The lowest BCUT2D eigenvalue weighted by Crippen LogP contribution is -2.14. The van der Waals surface area contributed by atoms with Crippen LogP contribution in [0.4, 0.5) is 4.39 Å². The first-order valence-corrected chi connectivity index (χ1v) is 4.86. The number of esters is 1. The van der Waals surface area contributed by atoms with Gasteiger partial charge in [0, 0.05) is 0 Å². The zero-order chi connectivity index (χ0) is 11.1. The minimum atomic E-state index is -1.16. The minimum absolute atomic E-state index is 0.170.